The average Bonchev–Trinajstić information content (AvgIpc) is 3.54. The number of carbonyl (C=O) groups is 2. The smallest absolute Gasteiger partial charge is 0.251 e. The Morgan fingerprint density at radius 2 is 1.89 bits per heavy atom. The largest absolute Gasteiger partial charge is 0.493 e. The van der Waals surface area contributed by atoms with Gasteiger partial charge in [-0.25, -0.2) is 0 Å². The van der Waals surface area contributed by atoms with Crippen molar-refractivity contribution in [2.45, 2.75) is 104 Å². The van der Waals surface area contributed by atoms with Crippen molar-refractivity contribution in [3.8, 4) is 16.9 Å². The summed E-state index contributed by atoms with van der Waals surface area (Å²) in [5, 5.41) is 19.5. The fraction of sp³-hybridized carbons (Fsp3) is 0.609. The summed E-state index contributed by atoms with van der Waals surface area (Å²) in [6.45, 7) is 12.2. The summed E-state index contributed by atoms with van der Waals surface area (Å²) in [5.74, 6) is 1.39. The van der Waals surface area contributed by atoms with Gasteiger partial charge in [-0.15, -0.1) is 0 Å². The number of rotatable bonds is 16. The Hall–Kier alpha value is -3.74. The molecule has 7 rings (SSSR count). The third kappa shape index (κ3) is 9.28. The molecule has 2 bridgehead atoms. The predicted octanol–water partition coefficient (Wildman–Crippen LogP) is 5.77. The van der Waals surface area contributed by atoms with Crippen LogP contribution in [0.15, 0.2) is 60.2 Å². The number of nitrogens with one attached hydrogen (secondary N) is 2. The number of fused-ring (bicyclic) bond motifs is 2. The molecule has 2 amide bonds. The minimum absolute atomic E-state index is 0.0671. The molecule has 11 heteroatoms. The van der Waals surface area contributed by atoms with Crippen molar-refractivity contribution in [1.29, 1.82) is 0 Å². The Morgan fingerprint density at radius 3 is 2.51 bits per heavy atom. The van der Waals surface area contributed by atoms with E-state index in [0.29, 0.717) is 47.6 Å². The highest BCUT2D eigenvalue weighted by Crippen LogP contribution is 2.61. The zero-order chi connectivity index (χ0) is 41.2. The predicted molar refractivity (Wildman–Crippen MR) is 228 cm³/mol. The van der Waals surface area contributed by atoms with Crippen LogP contribution in [0.4, 0.5) is 5.69 Å². The van der Waals surface area contributed by atoms with Crippen molar-refractivity contribution < 1.29 is 24.3 Å². The number of hydrogen-bond acceptors (Lipinski definition) is 9. The maximum atomic E-state index is 14.4. The number of hydrogen-bond donors (Lipinski definition) is 4. The number of aliphatic hydroxyl groups is 1. The van der Waals surface area contributed by atoms with Gasteiger partial charge in [-0.3, -0.25) is 14.4 Å². The van der Waals surface area contributed by atoms with Crippen molar-refractivity contribution in [3.63, 3.8) is 0 Å². The third-order valence-corrected chi connectivity index (χ3v) is 13.3. The van der Waals surface area contributed by atoms with Crippen LogP contribution in [0.5, 0.6) is 5.75 Å². The first-order chi connectivity index (χ1) is 27.1. The number of amides is 2. The van der Waals surface area contributed by atoms with Gasteiger partial charge in [-0.1, -0.05) is 62.8 Å². The Morgan fingerprint density at radius 1 is 1.12 bits per heavy atom. The first-order valence-corrected chi connectivity index (χ1v) is 21.1. The van der Waals surface area contributed by atoms with Crippen LogP contribution in [0, 0.1) is 29.1 Å². The molecule has 2 aromatic carbocycles. The Bertz CT molecular complexity index is 1800. The van der Waals surface area contributed by atoms with Crippen molar-refractivity contribution in [2.24, 2.45) is 34.8 Å². The van der Waals surface area contributed by atoms with E-state index in [0.717, 1.165) is 48.1 Å². The molecular formula is C46H68N6O5. The van der Waals surface area contributed by atoms with E-state index in [4.69, 9.17) is 15.3 Å². The minimum Gasteiger partial charge on any atom is -0.493 e. The second-order valence-corrected chi connectivity index (χ2v) is 18.1. The molecule has 5 aliphatic rings. The number of para-hydroxylation sites is 1. The number of allylic oxidation sites excluding steroid dienone is 3. The number of hydroxylamine groups is 2. The maximum absolute atomic E-state index is 14.4. The Kier molecular flexibility index (Phi) is 13.6. The number of anilines is 1. The average molecular weight is 785 g/mol. The SMILES string of the molecule is CCOc1c(CN2O[C@@H](CN)[C@@H]([C@H](C)O)[C@H]2C(=O)N[C@H]2C[C@H]3C[C@@H]([C@@H]2C)C3(C)C)cccc1-c1cc(C(=O)N[C@@H](CC2=CCCC=C2)CN(C)C)cc(N(C)C)c1. The highest BCUT2D eigenvalue weighted by Gasteiger charge is 2.57. The lowest BCUT2D eigenvalue weighted by atomic mass is 9.45. The van der Waals surface area contributed by atoms with Crippen LogP contribution >= 0.6 is 0 Å². The molecule has 0 aromatic heterocycles. The van der Waals surface area contributed by atoms with E-state index in [9.17, 15) is 14.7 Å². The molecule has 5 N–H and O–H groups in total. The summed E-state index contributed by atoms with van der Waals surface area (Å²) in [5.41, 5.74) is 11.7. The molecule has 9 atom stereocenters. The van der Waals surface area contributed by atoms with Gasteiger partial charge in [0.15, 0.2) is 0 Å². The second kappa shape index (κ2) is 18.0. The van der Waals surface area contributed by atoms with Gasteiger partial charge in [0, 0.05) is 67.6 Å². The topological polar surface area (TPSA) is 133 Å². The standard InChI is InChI=1S/C46H68N6O5/c1-10-56-43-31(26-52-42(41(29(3)53)40(25-47)57-52)45(55)49-39-24-34-23-38(28(39)2)46(34,4)5)17-14-18-37(43)32-20-33(22-36(21-32)51(8)9)44(54)48-35(27-50(6)7)19-30-15-12-11-13-16-30/h12,14-18,20-22,28-29,34-35,38-42,53H,10-11,13,19,23-27,47H2,1-9H3,(H,48,54)(H,49,55)/t28-,29-,34+,35-,38-,39-,40-,41+,42-/m0/s1. The fourth-order valence-electron chi connectivity index (χ4n) is 10.1. The van der Waals surface area contributed by atoms with Crippen molar-refractivity contribution in [1.82, 2.24) is 20.6 Å². The summed E-state index contributed by atoms with van der Waals surface area (Å²) < 4.78 is 6.43. The van der Waals surface area contributed by atoms with Crippen LogP contribution in [0.2, 0.25) is 0 Å². The van der Waals surface area contributed by atoms with Gasteiger partial charge < -0.3 is 36.0 Å². The van der Waals surface area contributed by atoms with E-state index >= 15 is 0 Å². The lowest BCUT2D eigenvalue weighted by Gasteiger charge is -2.62. The molecule has 4 fully saturated rings. The minimum atomic E-state index is -0.820. The van der Waals surface area contributed by atoms with Gasteiger partial charge in [-0.2, -0.15) is 5.06 Å². The molecule has 4 aliphatic carbocycles. The first kappa shape index (κ1) is 42.9. The summed E-state index contributed by atoms with van der Waals surface area (Å²) in [7, 11) is 7.99. The second-order valence-electron chi connectivity index (χ2n) is 18.1. The first-order valence-electron chi connectivity index (χ1n) is 21.1. The third-order valence-electron chi connectivity index (χ3n) is 13.3. The highest BCUT2D eigenvalue weighted by atomic mass is 16.7. The summed E-state index contributed by atoms with van der Waals surface area (Å²) in [6.07, 6.45) is 10.3. The van der Waals surface area contributed by atoms with Crippen LogP contribution in [-0.4, -0.2) is 105 Å². The quantitative estimate of drug-likeness (QED) is 0.168. The van der Waals surface area contributed by atoms with Crippen molar-refractivity contribution in [2.75, 3.05) is 52.8 Å². The van der Waals surface area contributed by atoms with Crippen molar-refractivity contribution >= 4 is 17.5 Å². The molecule has 57 heavy (non-hydrogen) atoms. The molecule has 0 spiro atoms. The highest BCUT2D eigenvalue weighted by molar-refractivity contribution is 5.97. The van der Waals surface area contributed by atoms with Crippen LogP contribution < -0.4 is 26.0 Å². The monoisotopic (exact) mass is 785 g/mol. The summed E-state index contributed by atoms with van der Waals surface area (Å²) >= 11 is 0. The number of likely N-dealkylation sites (N-methyl/N-ethyl adjacent to an activating group) is 1. The van der Waals surface area contributed by atoms with E-state index < -0.39 is 24.2 Å². The van der Waals surface area contributed by atoms with Crippen LogP contribution in [-0.2, 0) is 16.2 Å². The van der Waals surface area contributed by atoms with Gasteiger partial charge in [0.25, 0.3) is 5.91 Å². The molecule has 0 unspecified atom stereocenters. The number of benzene rings is 2. The molecule has 1 aliphatic heterocycles. The van der Waals surface area contributed by atoms with Crippen molar-refractivity contribution in [3.05, 3.63) is 71.3 Å². The Labute approximate surface area is 341 Å². The van der Waals surface area contributed by atoms with Crippen LogP contribution in [0.3, 0.4) is 0 Å². The normalized spacial score (nSPS) is 27.6. The van der Waals surface area contributed by atoms with Gasteiger partial charge in [0.1, 0.15) is 11.8 Å². The van der Waals surface area contributed by atoms with E-state index in [1.54, 1.807) is 12.0 Å². The molecule has 2 aromatic rings. The van der Waals surface area contributed by atoms with Gasteiger partial charge >= 0.3 is 0 Å². The number of nitrogens with two attached hydrogens (primary N) is 1. The maximum Gasteiger partial charge on any atom is 0.251 e. The molecule has 1 saturated heterocycles. The number of nitrogens with zero attached hydrogens (tertiary/aromatic N) is 3. The summed E-state index contributed by atoms with van der Waals surface area (Å²) in [6, 6.07) is 11.2. The molecule has 1 heterocycles. The number of aliphatic hydroxyl groups excluding tert-OH is 1. The number of carbonyl (C=O) groups excluding carboxylic acids is 2. The van der Waals surface area contributed by atoms with Gasteiger partial charge in [0.2, 0.25) is 5.91 Å². The molecule has 0 radical (unpaired) electrons. The van der Waals surface area contributed by atoms with E-state index in [2.05, 4.69) is 60.6 Å². The lowest BCUT2D eigenvalue weighted by molar-refractivity contribution is -0.176. The van der Waals surface area contributed by atoms with Crippen LogP contribution in [0.25, 0.3) is 11.1 Å². The lowest BCUT2D eigenvalue weighted by Crippen LogP contribution is -2.62. The van der Waals surface area contributed by atoms with Gasteiger partial charge in [-0.05, 0) is 107 Å². The van der Waals surface area contributed by atoms with E-state index in [1.165, 1.54) is 12.0 Å². The summed E-state index contributed by atoms with van der Waals surface area (Å²) in [4.78, 5) is 39.1. The number of ether oxygens (including phenoxy) is 1. The molecule has 11 nitrogen and oxygen atoms in total. The zero-order valence-corrected chi connectivity index (χ0v) is 35.8. The van der Waals surface area contributed by atoms with Crippen LogP contribution in [0.1, 0.15) is 82.6 Å². The fourth-order valence-corrected chi connectivity index (χ4v) is 10.1. The van der Waals surface area contributed by atoms with E-state index in [1.807, 2.05) is 70.3 Å². The molecular weight excluding hydrogens is 717 g/mol. The van der Waals surface area contributed by atoms with E-state index in [-0.39, 0.29) is 37.0 Å². The molecule has 312 valence electrons. The Balaban J connectivity index is 1.30. The molecule has 3 saturated carbocycles. The zero-order valence-electron chi connectivity index (χ0n) is 35.8. The van der Waals surface area contributed by atoms with Gasteiger partial charge in [0.05, 0.1) is 25.4 Å².